The Kier molecular flexibility index (Phi) is 6.18. The zero-order valence-electron chi connectivity index (χ0n) is 13.3. The van der Waals surface area contributed by atoms with Crippen LogP contribution in [-0.2, 0) is 19.3 Å². The van der Waals surface area contributed by atoms with Crippen molar-refractivity contribution in [3.8, 4) is 5.75 Å². The summed E-state index contributed by atoms with van der Waals surface area (Å²) in [5.74, 6) is -0.586. The van der Waals surface area contributed by atoms with Crippen molar-refractivity contribution in [3.63, 3.8) is 0 Å². The Balaban J connectivity index is 2.04. The van der Waals surface area contributed by atoms with Crippen LogP contribution in [0.1, 0.15) is 33.5 Å². The number of carbonyl (C=O) groups is 1. The molecule has 0 bridgehead atoms. The summed E-state index contributed by atoms with van der Waals surface area (Å²) < 4.78 is 5.16. The monoisotopic (exact) mass is 314 g/mol. The van der Waals surface area contributed by atoms with Gasteiger partial charge >= 0.3 is 5.97 Å². The standard InChI is InChI=1S/C19H22O4/c1-23-18-13-16(9-10-17(18)19(21)22)8-7-15-5-2-4-14(12-15)6-3-11-20/h2,4-5,9-10,12-13,20H,3,6-8,11H2,1H3,(H,21,22). The average Bonchev–Trinajstić information content (AvgIpc) is 2.58. The summed E-state index contributed by atoms with van der Waals surface area (Å²) in [5, 5.41) is 18.0. The Hall–Kier alpha value is -2.33. The third kappa shape index (κ3) is 4.83. The number of ether oxygens (including phenoxy) is 1. The highest BCUT2D eigenvalue weighted by Crippen LogP contribution is 2.21. The summed E-state index contributed by atoms with van der Waals surface area (Å²) >= 11 is 0. The zero-order valence-corrected chi connectivity index (χ0v) is 13.3. The van der Waals surface area contributed by atoms with E-state index in [0.29, 0.717) is 5.75 Å². The molecule has 23 heavy (non-hydrogen) atoms. The van der Waals surface area contributed by atoms with E-state index in [-0.39, 0.29) is 12.2 Å². The minimum absolute atomic E-state index is 0.183. The van der Waals surface area contributed by atoms with Crippen molar-refractivity contribution in [1.82, 2.24) is 0 Å². The largest absolute Gasteiger partial charge is 0.496 e. The normalized spacial score (nSPS) is 10.5. The highest BCUT2D eigenvalue weighted by molar-refractivity contribution is 5.90. The van der Waals surface area contributed by atoms with Gasteiger partial charge in [-0.15, -0.1) is 0 Å². The van der Waals surface area contributed by atoms with Gasteiger partial charge in [0.25, 0.3) is 0 Å². The van der Waals surface area contributed by atoms with Crippen molar-refractivity contribution in [3.05, 3.63) is 64.7 Å². The first-order chi connectivity index (χ1) is 11.1. The molecule has 0 saturated carbocycles. The molecule has 0 heterocycles. The second-order valence-electron chi connectivity index (χ2n) is 5.49. The maximum absolute atomic E-state index is 11.1. The molecule has 0 radical (unpaired) electrons. The lowest BCUT2D eigenvalue weighted by atomic mass is 10.00. The summed E-state index contributed by atoms with van der Waals surface area (Å²) in [4.78, 5) is 11.1. The molecular weight excluding hydrogens is 292 g/mol. The minimum atomic E-state index is -0.981. The van der Waals surface area contributed by atoms with Crippen LogP contribution in [0.2, 0.25) is 0 Å². The predicted octanol–water partition coefficient (Wildman–Crippen LogP) is 3.10. The SMILES string of the molecule is COc1cc(CCc2cccc(CCCO)c2)ccc1C(=O)O. The van der Waals surface area contributed by atoms with Crippen molar-refractivity contribution in [2.75, 3.05) is 13.7 Å². The summed E-state index contributed by atoms with van der Waals surface area (Å²) in [6.45, 7) is 0.208. The number of hydrogen-bond donors (Lipinski definition) is 2. The number of rotatable bonds is 8. The van der Waals surface area contributed by atoms with E-state index in [4.69, 9.17) is 14.9 Å². The molecule has 0 fully saturated rings. The molecule has 4 nitrogen and oxygen atoms in total. The van der Waals surface area contributed by atoms with Crippen LogP contribution in [0, 0.1) is 0 Å². The lowest BCUT2D eigenvalue weighted by Gasteiger charge is -2.09. The second-order valence-corrected chi connectivity index (χ2v) is 5.49. The van der Waals surface area contributed by atoms with E-state index >= 15 is 0 Å². The molecule has 2 aromatic carbocycles. The Morgan fingerprint density at radius 1 is 1.00 bits per heavy atom. The molecule has 0 aromatic heterocycles. The lowest BCUT2D eigenvalue weighted by molar-refractivity contribution is 0.0693. The Labute approximate surface area is 136 Å². The van der Waals surface area contributed by atoms with Crippen LogP contribution in [-0.4, -0.2) is 29.9 Å². The molecule has 4 heteroatoms. The number of benzene rings is 2. The van der Waals surface area contributed by atoms with Crippen LogP contribution in [0.3, 0.4) is 0 Å². The molecule has 0 unspecified atom stereocenters. The zero-order chi connectivity index (χ0) is 16.7. The molecule has 0 saturated heterocycles. The number of aliphatic hydroxyl groups is 1. The second kappa shape index (κ2) is 8.34. The highest BCUT2D eigenvalue weighted by Gasteiger charge is 2.11. The number of aliphatic hydroxyl groups excluding tert-OH is 1. The first-order valence-corrected chi connectivity index (χ1v) is 7.73. The fraction of sp³-hybridized carbons (Fsp3) is 0.316. The Bertz CT molecular complexity index is 664. The first-order valence-electron chi connectivity index (χ1n) is 7.73. The van der Waals surface area contributed by atoms with Crippen molar-refractivity contribution in [1.29, 1.82) is 0 Å². The van der Waals surface area contributed by atoms with Crippen molar-refractivity contribution < 1.29 is 19.7 Å². The number of carboxylic acids is 1. The van der Waals surface area contributed by atoms with Gasteiger partial charge in [0.1, 0.15) is 11.3 Å². The highest BCUT2D eigenvalue weighted by atomic mass is 16.5. The number of aromatic carboxylic acids is 1. The van der Waals surface area contributed by atoms with Crippen LogP contribution in [0.4, 0.5) is 0 Å². The predicted molar refractivity (Wildman–Crippen MR) is 89.2 cm³/mol. The van der Waals surface area contributed by atoms with Gasteiger partial charge < -0.3 is 14.9 Å². The number of methoxy groups -OCH3 is 1. The quantitative estimate of drug-likeness (QED) is 0.785. The van der Waals surface area contributed by atoms with E-state index in [1.165, 1.54) is 18.2 Å². The van der Waals surface area contributed by atoms with Crippen LogP contribution in [0.25, 0.3) is 0 Å². The average molecular weight is 314 g/mol. The van der Waals surface area contributed by atoms with Gasteiger partial charge in [0.2, 0.25) is 0 Å². The summed E-state index contributed by atoms with van der Waals surface area (Å²) in [5.41, 5.74) is 3.70. The van der Waals surface area contributed by atoms with Gasteiger partial charge in [0, 0.05) is 6.61 Å². The summed E-state index contributed by atoms with van der Waals surface area (Å²) in [7, 11) is 1.48. The molecule has 0 amide bonds. The van der Waals surface area contributed by atoms with Crippen molar-refractivity contribution >= 4 is 5.97 Å². The van der Waals surface area contributed by atoms with Crippen molar-refractivity contribution in [2.45, 2.75) is 25.7 Å². The van der Waals surface area contributed by atoms with Crippen LogP contribution < -0.4 is 4.74 Å². The molecule has 0 spiro atoms. The smallest absolute Gasteiger partial charge is 0.339 e. The van der Waals surface area contributed by atoms with Gasteiger partial charge in [0.05, 0.1) is 7.11 Å². The van der Waals surface area contributed by atoms with Gasteiger partial charge in [-0.05, 0) is 54.5 Å². The maximum Gasteiger partial charge on any atom is 0.339 e. The maximum atomic E-state index is 11.1. The number of aryl methyl sites for hydroxylation is 3. The van der Waals surface area contributed by atoms with Gasteiger partial charge in [-0.1, -0.05) is 30.3 Å². The Morgan fingerprint density at radius 3 is 2.26 bits per heavy atom. The molecule has 2 N–H and O–H groups in total. The van der Waals surface area contributed by atoms with Crippen LogP contribution >= 0.6 is 0 Å². The molecule has 0 atom stereocenters. The molecule has 0 aliphatic rings. The Morgan fingerprint density at radius 2 is 1.65 bits per heavy atom. The lowest BCUT2D eigenvalue weighted by Crippen LogP contribution is -2.02. The molecular formula is C19H22O4. The van der Waals surface area contributed by atoms with E-state index in [9.17, 15) is 4.79 Å². The van der Waals surface area contributed by atoms with E-state index in [1.807, 2.05) is 12.1 Å². The van der Waals surface area contributed by atoms with Gasteiger partial charge in [-0.3, -0.25) is 0 Å². The minimum Gasteiger partial charge on any atom is -0.496 e. The van der Waals surface area contributed by atoms with E-state index in [0.717, 1.165) is 31.2 Å². The van der Waals surface area contributed by atoms with Gasteiger partial charge in [0.15, 0.2) is 0 Å². The fourth-order valence-corrected chi connectivity index (χ4v) is 2.58. The third-order valence-corrected chi connectivity index (χ3v) is 3.81. The van der Waals surface area contributed by atoms with E-state index < -0.39 is 5.97 Å². The molecule has 2 rings (SSSR count). The first kappa shape index (κ1) is 17.0. The summed E-state index contributed by atoms with van der Waals surface area (Å²) in [6.07, 6.45) is 3.35. The van der Waals surface area contributed by atoms with E-state index in [1.54, 1.807) is 12.1 Å². The van der Waals surface area contributed by atoms with Gasteiger partial charge in [-0.25, -0.2) is 4.79 Å². The van der Waals surface area contributed by atoms with Crippen LogP contribution in [0.5, 0.6) is 5.75 Å². The number of carboxylic acid groups (broad SMARTS) is 1. The topological polar surface area (TPSA) is 66.8 Å². The number of hydrogen-bond acceptors (Lipinski definition) is 3. The fourth-order valence-electron chi connectivity index (χ4n) is 2.58. The molecule has 0 aliphatic carbocycles. The summed E-state index contributed by atoms with van der Waals surface area (Å²) in [6, 6.07) is 13.6. The van der Waals surface area contributed by atoms with Crippen LogP contribution in [0.15, 0.2) is 42.5 Å². The molecule has 2 aromatic rings. The molecule has 122 valence electrons. The van der Waals surface area contributed by atoms with E-state index in [2.05, 4.69) is 18.2 Å². The third-order valence-electron chi connectivity index (χ3n) is 3.81. The molecule has 0 aliphatic heterocycles. The van der Waals surface area contributed by atoms with Gasteiger partial charge in [-0.2, -0.15) is 0 Å². The van der Waals surface area contributed by atoms with Crippen molar-refractivity contribution in [2.24, 2.45) is 0 Å².